The molecule has 0 atom stereocenters. The highest BCUT2D eigenvalue weighted by Crippen LogP contribution is 2.33. The molecule has 1 aliphatic rings. The molecule has 1 aromatic rings. The molecule has 0 spiro atoms. The standard InChI is InChI=1S/C15H20F3N/c1-14(9-5-2-6-10-14)19-11-12-7-3-4-8-13(12)15(16,17)18/h3-4,7-8,19H,2,5-6,9-11H2,1H3. The third-order valence-corrected chi connectivity index (χ3v) is 3.99. The maximum Gasteiger partial charge on any atom is 0.416 e. The third kappa shape index (κ3) is 3.72. The SMILES string of the molecule is CC1(NCc2ccccc2C(F)(F)F)CCCCC1. The van der Waals surface area contributed by atoms with Crippen molar-refractivity contribution in [1.29, 1.82) is 0 Å². The predicted molar refractivity (Wildman–Crippen MR) is 69.8 cm³/mol. The van der Waals surface area contributed by atoms with Crippen LogP contribution in [-0.4, -0.2) is 5.54 Å². The van der Waals surface area contributed by atoms with Gasteiger partial charge in [0.25, 0.3) is 0 Å². The van der Waals surface area contributed by atoms with Gasteiger partial charge in [0.2, 0.25) is 0 Å². The van der Waals surface area contributed by atoms with Gasteiger partial charge < -0.3 is 5.32 Å². The summed E-state index contributed by atoms with van der Waals surface area (Å²) in [6, 6.07) is 5.81. The minimum atomic E-state index is -4.27. The summed E-state index contributed by atoms with van der Waals surface area (Å²) in [6.45, 7) is 2.40. The summed E-state index contributed by atoms with van der Waals surface area (Å²) >= 11 is 0. The number of benzene rings is 1. The van der Waals surface area contributed by atoms with Crippen LogP contribution in [0.3, 0.4) is 0 Å². The Balaban J connectivity index is 2.07. The number of halogens is 3. The lowest BCUT2D eigenvalue weighted by Crippen LogP contribution is -2.43. The second kappa shape index (κ2) is 5.53. The Morgan fingerprint density at radius 3 is 2.37 bits per heavy atom. The maximum absolute atomic E-state index is 12.9. The van der Waals surface area contributed by atoms with E-state index in [0.29, 0.717) is 5.56 Å². The maximum atomic E-state index is 12.9. The molecule has 0 amide bonds. The molecule has 0 heterocycles. The van der Waals surface area contributed by atoms with Crippen LogP contribution in [0.25, 0.3) is 0 Å². The van der Waals surface area contributed by atoms with Crippen molar-refractivity contribution in [3.05, 3.63) is 35.4 Å². The third-order valence-electron chi connectivity index (χ3n) is 3.99. The Kier molecular flexibility index (Phi) is 4.19. The van der Waals surface area contributed by atoms with E-state index in [-0.39, 0.29) is 12.1 Å². The first-order chi connectivity index (χ1) is 8.91. The summed E-state index contributed by atoms with van der Waals surface area (Å²) in [4.78, 5) is 0. The molecule has 19 heavy (non-hydrogen) atoms. The van der Waals surface area contributed by atoms with Gasteiger partial charge in [-0.15, -0.1) is 0 Å². The Labute approximate surface area is 112 Å². The van der Waals surface area contributed by atoms with Crippen molar-refractivity contribution in [1.82, 2.24) is 5.32 Å². The molecular formula is C15H20F3N. The zero-order chi connectivity index (χ0) is 13.9. The van der Waals surface area contributed by atoms with Crippen LogP contribution in [0.15, 0.2) is 24.3 Å². The van der Waals surface area contributed by atoms with E-state index in [0.717, 1.165) is 31.7 Å². The predicted octanol–water partition coefficient (Wildman–Crippen LogP) is 4.52. The van der Waals surface area contributed by atoms with Gasteiger partial charge in [-0.3, -0.25) is 0 Å². The highest BCUT2D eigenvalue weighted by Gasteiger charge is 2.33. The Bertz CT molecular complexity index is 420. The van der Waals surface area contributed by atoms with Crippen molar-refractivity contribution in [2.75, 3.05) is 0 Å². The summed E-state index contributed by atoms with van der Waals surface area (Å²) in [6.07, 6.45) is 1.36. The van der Waals surface area contributed by atoms with Crippen molar-refractivity contribution in [3.63, 3.8) is 0 Å². The Morgan fingerprint density at radius 1 is 1.11 bits per heavy atom. The Hall–Kier alpha value is -1.03. The fourth-order valence-electron chi connectivity index (χ4n) is 2.77. The van der Waals surface area contributed by atoms with Crippen LogP contribution in [0.5, 0.6) is 0 Å². The van der Waals surface area contributed by atoms with Gasteiger partial charge in [0.1, 0.15) is 0 Å². The summed E-state index contributed by atoms with van der Waals surface area (Å²) in [5, 5.41) is 3.33. The quantitative estimate of drug-likeness (QED) is 0.852. The first-order valence-electron chi connectivity index (χ1n) is 6.81. The second-order valence-corrected chi connectivity index (χ2v) is 5.63. The van der Waals surface area contributed by atoms with Gasteiger partial charge in [-0.05, 0) is 31.4 Å². The molecule has 4 heteroatoms. The molecule has 0 radical (unpaired) electrons. The van der Waals surface area contributed by atoms with Crippen LogP contribution >= 0.6 is 0 Å². The molecule has 0 aromatic heterocycles. The molecule has 106 valence electrons. The number of hydrogen-bond acceptors (Lipinski definition) is 1. The molecule has 0 saturated heterocycles. The van der Waals surface area contributed by atoms with Crippen molar-refractivity contribution in [2.24, 2.45) is 0 Å². The van der Waals surface area contributed by atoms with Gasteiger partial charge in [0.15, 0.2) is 0 Å². The molecule has 0 aliphatic heterocycles. The van der Waals surface area contributed by atoms with E-state index >= 15 is 0 Å². The highest BCUT2D eigenvalue weighted by atomic mass is 19.4. The van der Waals surface area contributed by atoms with Crippen molar-refractivity contribution in [3.8, 4) is 0 Å². The van der Waals surface area contributed by atoms with E-state index in [9.17, 15) is 13.2 Å². The van der Waals surface area contributed by atoms with E-state index in [1.54, 1.807) is 12.1 Å². The zero-order valence-corrected chi connectivity index (χ0v) is 11.2. The molecule has 1 saturated carbocycles. The van der Waals surface area contributed by atoms with Crippen molar-refractivity contribution < 1.29 is 13.2 Å². The Morgan fingerprint density at radius 2 is 1.74 bits per heavy atom. The molecular weight excluding hydrogens is 251 g/mol. The highest BCUT2D eigenvalue weighted by molar-refractivity contribution is 5.29. The summed E-state index contributed by atoms with van der Waals surface area (Å²) in [7, 11) is 0. The number of hydrogen-bond donors (Lipinski definition) is 1. The van der Waals surface area contributed by atoms with Crippen LogP contribution in [0, 0.1) is 0 Å². The molecule has 1 aromatic carbocycles. The minimum absolute atomic E-state index is 0.0169. The van der Waals surface area contributed by atoms with Gasteiger partial charge in [0.05, 0.1) is 5.56 Å². The van der Waals surface area contributed by atoms with E-state index in [4.69, 9.17) is 0 Å². The normalized spacial score (nSPS) is 19.4. The van der Waals surface area contributed by atoms with Gasteiger partial charge in [-0.2, -0.15) is 13.2 Å². The largest absolute Gasteiger partial charge is 0.416 e. The number of alkyl halides is 3. The summed E-state index contributed by atoms with van der Waals surface area (Å²) in [5.41, 5.74) is -0.208. The molecule has 1 aliphatic carbocycles. The van der Waals surface area contributed by atoms with Gasteiger partial charge in [-0.25, -0.2) is 0 Å². The molecule has 1 nitrogen and oxygen atoms in total. The molecule has 1 fully saturated rings. The first-order valence-corrected chi connectivity index (χ1v) is 6.81. The van der Waals surface area contributed by atoms with Crippen LogP contribution < -0.4 is 5.32 Å². The topological polar surface area (TPSA) is 12.0 Å². The smallest absolute Gasteiger partial charge is 0.307 e. The molecule has 0 unspecified atom stereocenters. The van der Waals surface area contributed by atoms with Crippen molar-refractivity contribution in [2.45, 2.75) is 57.3 Å². The van der Waals surface area contributed by atoms with Gasteiger partial charge in [-0.1, -0.05) is 37.5 Å². The van der Waals surface area contributed by atoms with Crippen LogP contribution in [0.2, 0.25) is 0 Å². The summed E-state index contributed by atoms with van der Waals surface area (Å²) in [5.74, 6) is 0. The average Bonchev–Trinajstić information content (AvgIpc) is 2.37. The van der Waals surface area contributed by atoms with E-state index in [1.807, 2.05) is 0 Å². The lowest BCUT2D eigenvalue weighted by molar-refractivity contribution is -0.138. The fraction of sp³-hybridized carbons (Fsp3) is 0.600. The first kappa shape index (κ1) is 14.4. The molecule has 0 bridgehead atoms. The lowest BCUT2D eigenvalue weighted by atomic mass is 9.83. The average molecular weight is 271 g/mol. The minimum Gasteiger partial charge on any atom is -0.307 e. The van der Waals surface area contributed by atoms with Gasteiger partial charge in [0, 0.05) is 12.1 Å². The molecule has 2 rings (SSSR count). The summed E-state index contributed by atoms with van der Waals surface area (Å²) < 4.78 is 38.6. The molecule has 1 N–H and O–H groups in total. The fourth-order valence-corrected chi connectivity index (χ4v) is 2.77. The van der Waals surface area contributed by atoms with Crippen LogP contribution in [-0.2, 0) is 12.7 Å². The zero-order valence-electron chi connectivity index (χ0n) is 11.2. The lowest BCUT2D eigenvalue weighted by Gasteiger charge is -2.35. The second-order valence-electron chi connectivity index (χ2n) is 5.63. The van der Waals surface area contributed by atoms with Crippen LogP contribution in [0.4, 0.5) is 13.2 Å². The van der Waals surface area contributed by atoms with E-state index < -0.39 is 11.7 Å². The van der Waals surface area contributed by atoms with E-state index in [2.05, 4.69) is 12.2 Å². The number of rotatable bonds is 3. The number of nitrogens with one attached hydrogen (secondary N) is 1. The van der Waals surface area contributed by atoms with E-state index in [1.165, 1.54) is 12.5 Å². The van der Waals surface area contributed by atoms with Gasteiger partial charge >= 0.3 is 6.18 Å². The van der Waals surface area contributed by atoms with Crippen LogP contribution in [0.1, 0.15) is 50.2 Å². The monoisotopic (exact) mass is 271 g/mol. The van der Waals surface area contributed by atoms with Crippen molar-refractivity contribution >= 4 is 0 Å².